The largest absolute Gasteiger partial charge is 0.494 e. The molecule has 2 aromatic rings. The second kappa shape index (κ2) is 23.3. The zero-order valence-corrected chi connectivity index (χ0v) is 39.9. The van der Waals surface area contributed by atoms with Gasteiger partial charge in [0.25, 0.3) is 0 Å². The van der Waals surface area contributed by atoms with Gasteiger partial charge in [0.05, 0.1) is 12.1 Å². The topological polar surface area (TPSA) is 136 Å². The highest BCUT2D eigenvalue weighted by Crippen LogP contribution is 2.32. The van der Waals surface area contributed by atoms with Crippen LogP contribution in [0.3, 0.4) is 0 Å². The molecule has 2 atom stereocenters. The van der Waals surface area contributed by atoms with E-state index in [1.54, 1.807) is 0 Å². The van der Waals surface area contributed by atoms with Crippen LogP contribution < -0.4 is 20.9 Å². The van der Waals surface area contributed by atoms with Crippen LogP contribution in [0.25, 0.3) is 0 Å². The number of ether oxygens (including phenoxy) is 1. The van der Waals surface area contributed by atoms with Crippen molar-refractivity contribution in [1.82, 2.24) is 20.4 Å². The average molecular weight is 886 g/mol. The van der Waals surface area contributed by atoms with E-state index >= 15 is 0 Å². The summed E-state index contributed by atoms with van der Waals surface area (Å²) in [6, 6.07) is 14.4. The molecule has 0 radical (unpaired) electrons. The van der Waals surface area contributed by atoms with E-state index in [4.69, 9.17) is 9.73 Å². The number of aliphatic imine (C=N–C) groups is 1. The normalized spacial score (nSPS) is 21.3. The minimum absolute atomic E-state index is 0.0164. The fraction of sp³-hybridized carbons (Fsp3) is 0.491. The first-order valence-corrected chi connectivity index (χ1v) is 23.9. The van der Waals surface area contributed by atoms with Gasteiger partial charge in [0.15, 0.2) is 5.78 Å². The molecule has 12 heteroatoms. The summed E-state index contributed by atoms with van der Waals surface area (Å²) in [5, 5.41) is 9.31. The van der Waals surface area contributed by atoms with Crippen LogP contribution in [0.1, 0.15) is 121 Å². The number of ketones is 1. The number of allylic oxidation sites excluding steroid dienone is 5. The van der Waals surface area contributed by atoms with Crippen LogP contribution in [0.2, 0.25) is 0 Å². The number of rotatable bonds is 12. The van der Waals surface area contributed by atoms with Gasteiger partial charge in [-0.25, -0.2) is 4.99 Å². The van der Waals surface area contributed by atoms with Crippen LogP contribution in [0.4, 0.5) is 11.4 Å². The monoisotopic (exact) mass is 886 g/mol. The highest BCUT2D eigenvalue weighted by molar-refractivity contribution is 5.99. The van der Waals surface area contributed by atoms with Crippen LogP contribution in [-0.4, -0.2) is 91.4 Å². The number of anilines is 2. The summed E-state index contributed by atoms with van der Waals surface area (Å²) in [6.45, 7) is 20.2. The van der Waals surface area contributed by atoms with Crippen molar-refractivity contribution in [3.8, 4) is 0 Å². The molecule has 0 spiro atoms. The number of benzene rings is 2. The molecule has 3 N–H and O–H groups in total. The maximum Gasteiger partial charge on any atom is 0.229 e. The van der Waals surface area contributed by atoms with Gasteiger partial charge in [0, 0.05) is 92.9 Å². The fourth-order valence-electron chi connectivity index (χ4n) is 9.19. The molecule has 2 saturated heterocycles. The first-order valence-electron chi connectivity index (χ1n) is 23.9. The molecule has 0 aromatic heterocycles. The lowest BCUT2D eigenvalue weighted by atomic mass is 9.98. The number of carbonyl (C=O) groups is 4. The third-order valence-corrected chi connectivity index (χ3v) is 13.0. The summed E-state index contributed by atoms with van der Waals surface area (Å²) in [5.41, 5.74) is 11.3. The lowest BCUT2D eigenvalue weighted by Gasteiger charge is -2.42. The first-order chi connectivity index (χ1) is 31.4. The van der Waals surface area contributed by atoms with Gasteiger partial charge in [-0.1, -0.05) is 51.1 Å². The highest BCUT2D eigenvalue weighted by Gasteiger charge is 2.30. The number of fused-ring (bicyclic) bond motifs is 1. The Bertz CT molecular complexity index is 2250. The van der Waals surface area contributed by atoms with Crippen LogP contribution >= 0.6 is 0 Å². The molecule has 12 nitrogen and oxygen atoms in total. The van der Waals surface area contributed by atoms with Gasteiger partial charge in [-0.15, -0.1) is 0 Å². The van der Waals surface area contributed by atoms with E-state index < -0.39 is 0 Å². The van der Waals surface area contributed by atoms with Crippen molar-refractivity contribution >= 4 is 41.1 Å². The number of hydrogen-bond acceptors (Lipinski definition) is 10. The quantitative estimate of drug-likeness (QED) is 0.0828. The molecule has 1 aliphatic carbocycles. The zero-order chi connectivity index (χ0) is 46.5. The molecule has 0 saturated carbocycles. The van der Waals surface area contributed by atoms with E-state index in [-0.39, 0.29) is 35.5 Å². The molecule has 65 heavy (non-hydrogen) atoms. The Labute approximate surface area is 387 Å². The number of imide groups is 1. The third kappa shape index (κ3) is 12.9. The van der Waals surface area contributed by atoms with Crippen molar-refractivity contribution < 1.29 is 23.9 Å². The van der Waals surface area contributed by atoms with Gasteiger partial charge in [0.2, 0.25) is 17.7 Å². The van der Waals surface area contributed by atoms with Crippen molar-refractivity contribution in [1.29, 1.82) is 0 Å². The second-order valence-electron chi connectivity index (χ2n) is 17.9. The Morgan fingerprint density at radius 1 is 0.954 bits per heavy atom. The summed E-state index contributed by atoms with van der Waals surface area (Å²) in [5.74, 6) is 1.93. The number of nitrogens with one attached hydrogen (secondary N) is 3. The lowest BCUT2D eigenvalue weighted by Crippen LogP contribution is -2.54. The Morgan fingerprint density at radius 3 is 2.43 bits per heavy atom. The van der Waals surface area contributed by atoms with Crippen molar-refractivity contribution in [3.63, 3.8) is 0 Å². The van der Waals surface area contributed by atoms with Crippen LogP contribution in [0.5, 0.6) is 0 Å². The maximum absolute atomic E-state index is 13.6. The molecule has 4 aliphatic heterocycles. The summed E-state index contributed by atoms with van der Waals surface area (Å²) >= 11 is 0. The van der Waals surface area contributed by atoms with E-state index in [0.717, 1.165) is 105 Å². The minimum Gasteiger partial charge on any atom is -0.494 e. The van der Waals surface area contributed by atoms with Gasteiger partial charge < -0.3 is 30.1 Å². The number of nitrogens with zero attached hydrogens (tertiary/aromatic N) is 4. The number of amides is 3. The van der Waals surface area contributed by atoms with E-state index in [1.165, 1.54) is 33.7 Å². The van der Waals surface area contributed by atoms with E-state index in [9.17, 15) is 19.2 Å². The van der Waals surface area contributed by atoms with Crippen molar-refractivity contribution in [2.45, 2.75) is 119 Å². The van der Waals surface area contributed by atoms with E-state index in [0.29, 0.717) is 38.8 Å². The summed E-state index contributed by atoms with van der Waals surface area (Å²) in [7, 11) is 0. The third-order valence-electron chi connectivity index (χ3n) is 13.0. The molecule has 7 rings (SSSR count). The lowest BCUT2D eigenvalue weighted by molar-refractivity contribution is -0.136. The minimum atomic E-state index is -0.141. The van der Waals surface area contributed by atoms with Crippen molar-refractivity contribution in [2.24, 2.45) is 10.9 Å². The summed E-state index contributed by atoms with van der Waals surface area (Å²) in [4.78, 5) is 59.3. The molecule has 1 unspecified atom stereocenters. The Balaban J connectivity index is 0.000000694. The van der Waals surface area contributed by atoms with Crippen molar-refractivity contribution in [2.75, 3.05) is 56.1 Å². The van der Waals surface area contributed by atoms with Gasteiger partial charge in [-0.2, -0.15) is 0 Å². The number of hydrogen-bond donors (Lipinski definition) is 3. The zero-order valence-electron chi connectivity index (χ0n) is 39.9. The molecule has 0 bridgehead atoms. The molecule has 4 heterocycles. The number of piperidine rings is 1. The standard InChI is InChI=1S/C47H62N6O3.C6H9NO2/c1-7-9-16-42(35(5)47-36(6)56-28-24-48-47)51-25-23-38(33(3)31-51)30-49-45(13-8-2)50-39-21-19-37(20-22-39)29-46(55)53-27-26-52(32-34(53)4)43-17-12-15-41-40(43)14-10-11-18-44(41)54;1-4-2-3-5(8)7-6(4)9/h9,12-13,15-17,19-22,30,34,48,50H,7-8,10-11,14,18,23-29,31-32H2,1-6H3;4H,2-3H2,1H3,(H,7,8,9)/b16-9+,42-35+,45-13-,49-30-;/t34-;/m1./s1. The van der Waals surface area contributed by atoms with Crippen molar-refractivity contribution in [3.05, 3.63) is 117 Å². The molecule has 5 aliphatic rings. The number of carbonyl (C=O) groups excluding carboxylic acids is 4. The van der Waals surface area contributed by atoms with Gasteiger partial charge in [-0.05, 0) is 131 Å². The smallest absolute Gasteiger partial charge is 0.229 e. The van der Waals surface area contributed by atoms with E-state index in [1.807, 2.05) is 61.4 Å². The molecule has 348 valence electrons. The van der Waals surface area contributed by atoms with Gasteiger partial charge in [0.1, 0.15) is 18.2 Å². The number of Topliss-reactive ketones (excluding diaryl/α,β-unsaturated/α-hetero) is 1. The Morgan fingerprint density at radius 2 is 1.74 bits per heavy atom. The van der Waals surface area contributed by atoms with E-state index in [2.05, 4.69) is 84.7 Å². The number of piperazine rings is 1. The maximum atomic E-state index is 13.6. The Kier molecular flexibility index (Phi) is 17.4. The fourth-order valence-corrected chi connectivity index (χ4v) is 9.19. The first kappa shape index (κ1) is 48.5. The average Bonchev–Trinajstić information content (AvgIpc) is 3.49. The van der Waals surface area contributed by atoms with Crippen LogP contribution in [-0.2, 0) is 32.0 Å². The predicted molar refractivity (Wildman–Crippen MR) is 262 cm³/mol. The molecule has 2 aromatic carbocycles. The summed E-state index contributed by atoms with van der Waals surface area (Å²) in [6.07, 6.45) is 16.5. The molecular weight excluding hydrogens is 815 g/mol. The molecular formula is C53H71N7O5. The second-order valence-corrected chi connectivity index (χ2v) is 17.9. The Hall–Kier alpha value is -5.91. The molecule has 3 amide bonds. The van der Waals surface area contributed by atoms with Crippen LogP contribution in [0.15, 0.2) is 105 Å². The highest BCUT2D eigenvalue weighted by atomic mass is 16.5. The van der Waals surface area contributed by atoms with Gasteiger partial charge >= 0.3 is 0 Å². The predicted octanol–water partition coefficient (Wildman–Crippen LogP) is 8.78. The molecule has 2 fully saturated rings. The van der Waals surface area contributed by atoms with Gasteiger partial charge in [-0.3, -0.25) is 24.5 Å². The SMILES string of the molecule is CC/C=C/C(=C(/C)C1=C(C)OCCN1)N1CCC(/C=N\C(=C\CC)Nc2ccc(CC(=O)N3CCN(c4cccc5c4CCCCC5=O)C[C@H]3C)cc2)=C(C)C1.CC1CCC(=O)NC1=O. The van der Waals surface area contributed by atoms with Crippen LogP contribution in [0, 0.1) is 5.92 Å². The summed E-state index contributed by atoms with van der Waals surface area (Å²) < 4.78 is 5.87.